The third-order valence-electron chi connectivity index (χ3n) is 3.91. The minimum absolute atomic E-state index is 0.00221. The van der Waals surface area contributed by atoms with Gasteiger partial charge >= 0.3 is 0 Å². The third-order valence-corrected chi connectivity index (χ3v) is 3.91. The summed E-state index contributed by atoms with van der Waals surface area (Å²) in [6.07, 6.45) is 4.34. The number of aliphatic hydroxyl groups is 1. The molecule has 4 nitrogen and oxygen atoms in total. The number of hydrogen-bond donors (Lipinski definition) is 2. The molecular formula is C19H20N2O2. The van der Waals surface area contributed by atoms with E-state index in [4.69, 9.17) is 5.11 Å². The first-order valence-electron chi connectivity index (χ1n) is 7.72. The van der Waals surface area contributed by atoms with E-state index in [1.54, 1.807) is 24.3 Å². The van der Waals surface area contributed by atoms with Gasteiger partial charge in [0.1, 0.15) is 0 Å². The average Bonchev–Trinajstić information content (AvgIpc) is 3.09. The minimum atomic E-state index is -0.129. The highest BCUT2D eigenvalue weighted by Crippen LogP contribution is 2.13. The quantitative estimate of drug-likeness (QED) is 0.835. The minimum Gasteiger partial charge on any atom is -0.392 e. The van der Waals surface area contributed by atoms with Gasteiger partial charge in [0.15, 0.2) is 0 Å². The first-order valence-corrected chi connectivity index (χ1v) is 7.72. The molecule has 1 heterocycles. The van der Waals surface area contributed by atoms with Gasteiger partial charge in [-0.25, -0.2) is 0 Å². The number of nitrogens with one attached hydrogen (secondary N) is 1. The molecule has 0 aliphatic carbocycles. The smallest absolute Gasteiger partial charge is 0.255 e. The van der Waals surface area contributed by atoms with Crippen molar-refractivity contribution in [3.63, 3.8) is 0 Å². The highest BCUT2D eigenvalue weighted by molar-refractivity contribution is 6.04. The van der Waals surface area contributed by atoms with Crippen LogP contribution in [-0.2, 0) is 13.2 Å². The molecule has 23 heavy (non-hydrogen) atoms. The highest BCUT2D eigenvalue weighted by Gasteiger charge is 2.09. The van der Waals surface area contributed by atoms with Crippen LogP contribution < -0.4 is 5.32 Å². The molecule has 3 rings (SSSR count). The second-order valence-corrected chi connectivity index (χ2v) is 5.67. The second kappa shape index (κ2) is 7.22. The molecule has 2 N–H and O–H groups in total. The van der Waals surface area contributed by atoms with Crippen molar-refractivity contribution in [3.05, 3.63) is 77.4 Å². The Kier molecular flexibility index (Phi) is 4.86. The Morgan fingerprint density at radius 3 is 2.17 bits per heavy atom. The van der Waals surface area contributed by atoms with Crippen molar-refractivity contribution in [1.82, 2.24) is 4.90 Å². The summed E-state index contributed by atoms with van der Waals surface area (Å²) in [4.78, 5) is 14.6. The summed E-state index contributed by atoms with van der Waals surface area (Å²) in [5, 5.41) is 11.9. The van der Waals surface area contributed by atoms with Gasteiger partial charge in [-0.3, -0.25) is 9.69 Å². The largest absolute Gasteiger partial charge is 0.392 e. The van der Waals surface area contributed by atoms with E-state index in [0.29, 0.717) is 5.56 Å². The first-order chi connectivity index (χ1) is 11.2. The zero-order valence-electron chi connectivity index (χ0n) is 12.9. The molecular weight excluding hydrogens is 288 g/mol. The summed E-state index contributed by atoms with van der Waals surface area (Å²) in [7, 11) is 0. The Morgan fingerprint density at radius 2 is 1.57 bits per heavy atom. The van der Waals surface area contributed by atoms with E-state index in [0.717, 1.165) is 30.9 Å². The topological polar surface area (TPSA) is 52.6 Å². The lowest BCUT2D eigenvalue weighted by molar-refractivity contribution is 0.102. The van der Waals surface area contributed by atoms with Crippen LogP contribution in [0.5, 0.6) is 0 Å². The normalized spacial score (nSPS) is 14.1. The van der Waals surface area contributed by atoms with Crippen LogP contribution in [0.4, 0.5) is 5.69 Å². The highest BCUT2D eigenvalue weighted by atomic mass is 16.3. The number of rotatable bonds is 5. The molecule has 2 aromatic carbocycles. The molecule has 1 aliphatic heterocycles. The van der Waals surface area contributed by atoms with E-state index in [-0.39, 0.29) is 12.5 Å². The van der Waals surface area contributed by atoms with Crippen molar-refractivity contribution in [2.24, 2.45) is 0 Å². The molecule has 0 atom stereocenters. The fourth-order valence-electron chi connectivity index (χ4n) is 2.57. The van der Waals surface area contributed by atoms with Crippen LogP contribution in [0.1, 0.15) is 21.5 Å². The third kappa shape index (κ3) is 4.06. The van der Waals surface area contributed by atoms with Gasteiger partial charge in [-0.1, -0.05) is 36.4 Å². The van der Waals surface area contributed by atoms with Crippen LogP contribution in [-0.4, -0.2) is 29.0 Å². The molecule has 0 radical (unpaired) electrons. The standard InChI is InChI=1S/C19H20N2O2/c22-14-16-5-9-18(10-6-16)20-19(23)17-7-3-15(4-8-17)13-21-11-1-2-12-21/h1-10,22H,11-14H2,(H,20,23). The summed E-state index contributed by atoms with van der Waals surface area (Å²) in [6, 6.07) is 14.9. The maximum Gasteiger partial charge on any atom is 0.255 e. The molecule has 0 unspecified atom stereocenters. The Labute approximate surface area is 136 Å². The zero-order valence-corrected chi connectivity index (χ0v) is 12.9. The molecule has 1 aliphatic rings. The van der Waals surface area contributed by atoms with E-state index in [2.05, 4.69) is 22.4 Å². The Bertz CT molecular complexity index is 682. The molecule has 0 saturated carbocycles. The lowest BCUT2D eigenvalue weighted by atomic mass is 10.1. The molecule has 0 fully saturated rings. The number of carbonyl (C=O) groups is 1. The summed E-state index contributed by atoms with van der Waals surface area (Å²) in [5.74, 6) is -0.129. The SMILES string of the molecule is O=C(Nc1ccc(CO)cc1)c1ccc(CN2CC=CC2)cc1. The molecule has 1 amide bonds. The van der Waals surface area contributed by atoms with Crippen molar-refractivity contribution in [1.29, 1.82) is 0 Å². The van der Waals surface area contributed by atoms with Crippen molar-refractivity contribution >= 4 is 11.6 Å². The molecule has 4 heteroatoms. The lowest BCUT2D eigenvalue weighted by Gasteiger charge is -2.14. The Balaban J connectivity index is 1.60. The van der Waals surface area contributed by atoms with E-state index in [1.165, 1.54) is 5.56 Å². The van der Waals surface area contributed by atoms with Crippen LogP contribution in [0, 0.1) is 0 Å². The Morgan fingerprint density at radius 1 is 0.957 bits per heavy atom. The van der Waals surface area contributed by atoms with Gasteiger partial charge < -0.3 is 10.4 Å². The van der Waals surface area contributed by atoms with Crippen LogP contribution in [0.2, 0.25) is 0 Å². The molecule has 0 spiro atoms. The predicted octanol–water partition coefficient (Wildman–Crippen LogP) is 2.80. The first kappa shape index (κ1) is 15.5. The van der Waals surface area contributed by atoms with Gasteiger partial charge in [-0.15, -0.1) is 0 Å². The fourth-order valence-corrected chi connectivity index (χ4v) is 2.57. The number of anilines is 1. The average molecular weight is 308 g/mol. The predicted molar refractivity (Wildman–Crippen MR) is 91.2 cm³/mol. The molecule has 0 bridgehead atoms. The van der Waals surface area contributed by atoms with Crippen molar-refractivity contribution in [2.45, 2.75) is 13.2 Å². The number of carbonyl (C=O) groups excluding carboxylic acids is 1. The monoisotopic (exact) mass is 308 g/mol. The van der Waals surface area contributed by atoms with Gasteiger partial charge in [-0.2, -0.15) is 0 Å². The van der Waals surface area contributed by atoms with E-state index < -0.39 is 0 Å². The van der Waals surface area contributed by atoms with Crippen LogP contribution in [0.25, 0.3) is 0 Å². The molecule has 0 saturated heterocycles. The van der Waals surface area contributed by atoms with Gasteiger partial charge in [0.2, 0.25) is 0 Å². The number of nitrogens with zero attached hydrogens (tertiary/aromatic N) is 1. The lowest BCUT2D eigenvalue weighted by Crippen LogP contribution is -2.19. The van der Waals surface area contributed by atoms with Crippen molar-refractivity contribution in [2.75, 3.05) is 18.4 Å². The maximum absolute atomic E-state index is 12.2. The molecule has 118 valence electrons. The van der Waals surface area contributed by atoms with Gasteiger partial charge in [-0.05, 0) is 35.4 Å². The number of benzene rings is 2. The summed E-state index contributed by atoms with van der Waals surface area (Å²) in [5.41, 5.74) is 3.39. The van der Waals surface area contributed by atoms with Crippen molar-refractivity contribution < 1.29 is 9.90 Å². The summed E-state index contributed by atoms with van der Waals surface area (Å²) in [6.45, 7) is 2.89. The molecule has 0 aromatic heterocycles. The van der Waals surface area contributed by atoms with Crippen LogP contribution in [0.15, 0.2) is 60.7 Å². The van der Waals surface area contributed by atoms with E-state index >= 15 is 0 Å². The number of hydrogen-bond acceptors (Lipinski definition) is 3. The van der Waals surface area contributed by atoms with Gasteiger partial charge in [0, 0.05) is 30.9 Å². The number of aliphatic hydroxyl groups excluding tert-OH is 1. The molecule has 2 aromatic rings. The summed E-state index contributed by atoms with van der Waals surface area (Å²) < 4.78 is 0. The zero-order chi connectivity index (χ0) is 16.1. The maximum atomic E-state index is 12.2. The second-order valence-electron chi connectivity index (χ2n) is 5.67. The van der Waals surface area contributed by atoms with E-state index in [1.807, 2.05) is 24.3 Å². The van der Waals surface area contributed by atoms with Crippen molar-refractivity contribution in [3.8, 4) is 0 Å². The van der Waals surface area contributed by atoms with Crippen LogP contribution >= 0.6 is 0 Å². The fraction of sp³-hybridized carbons (Fsp3) is 0.211. The van der Waals surface area contributed by atoms with Gasteiger partial charge in [0.05, 0.1) is 6.61 Å². The van der Waals surface area contributed by atoms with E-state index in [9.17, 15) is 4.79 Å². The van der Waals surface area contributed by atoms with Gasteiger partial charge in [0.25, 0.3) is 5.91 Å². The summed E-state index contributed by atoms with van der Waals surface area (Å²) >= 11 is 0. The Hall–Kier alpha value is -2.43. The van der Waals surface area contributed by atoms with Crippen LogP contribution in [0.3, 0.4) is 0 Å². The number of amides is 1.